The fraction of sp³-hybridized carbons (Fsp3) is 0.500. The first-order valence-electron chi connectivity index (χ1n) is 6.31. The minimum Gasteiger partial charge on any atom is -0.508 e. The lowest BCUT2D eigenvalue weighted by atomic mass is 10.2. The molecule has 0 radical (unpaired) electrons. The number of aromatic hydroxyl groups is 1. The van der Waals surface area contributed by atoms with Gasteiger partial charge in [-0.05, 0) is 25.1 Å². The molecule has 0 atom stereocenters. The fourth-order valence-electron chi connectivity index (χ4n) is 1.65. The molecule has 5 heteroatoms. The third-order valence-corrected chi connectivity index (χ3v) is 3.00. The number of halogens is 1. The molecule has 2 N–H and O–H groups in total. The van der Waals surface area contributed by atoms with Gasteiger partial charge in [0.05, 0.1) is 6.54 Å². The first-order chi connectivity index (χ1) is 8.90. The van der Waals surface area contributed by atoms with Gasteiger partial charge in [0.1, 0.15) is 5.75 Å². The van der Waals surface area contributed by atoms with Crippen molar-refractivity contribution in [1.82, 2.24) is 10.2 Å². The monoisotopic (exact) mass is 284 g/mol. The van der Waals surface area contributed by atoms with E-state index in [1.165, 1.54) is 0 Å². The summed E-state index contributed by atoms with van der Waals surface area (Å²) >= 11 is 6.03. The summed E-state index contributed by atoms with van der Waals surface area (Å²) < 4.78 is 0. The smallest absolute Gasteiger partial charge is 0.234 e. The van der Waals surface area contributed by atoms with Crippen molar-refractivity contribution in [2.24, 2.45) is 5.92 Å². The average Bonchev–Trinajstić information content (AvgIpc) is 2.31. The van der Waals surface area contributed by atoms with Crippen molar-refractivity contribution in [3.05, 3.63) is 28.8 Å². The van der Waals surface area contributed by atoms with Gasteiger partial charge in [0.15, 0.2) is 0 Å². The van der Waals surface area contributed by atoms with Gasteiger partial charge < -0.3 is 10.4 Å². The molecule has 0 fully saturated rings. The lowest BCUT2D eigenvalue weighted by Gasteiger charge is -2.18. The summed E-state index contributed by atoms with van der Waals surface area (Å²) in [6, 6.07) is 5.01. The number of phenols is 1. The molecule has 0 saturated carbocycles. The van der Waals surface area contributed by atoms with Crippen LogP contribution in [0.2, 0.25) is 5.02 Å². The zero-order valence-electron chi connectivity index (χ0n) is 11.6. The second-order valence-corrected chi connectivity index (χ2v) is 5.51. The van der Waals surface area contributed by atoms with Crippen LogP contribution in [0.4, 0.5) is 0 Å². The highest BCUT2D eigenvalue weighted by Gasteiger charge is 2.12. The van der Waals surface area contributed by atoms with E-state index in [0.29, 0.717) is 29.6 Å². The molecule has 1 amide bonds. The van der Waals surface area contributed by atoms with Crippen LogP contribution in [-0.2, 0) is 11.3 Å². The average molecular weight is 285 g/mol. The van der Waals surface area contributed by atoms with Crippen LogP contribution in [-0.4, -0.2) is 36.1 Å². The molecule has 4 nitrogen and oxygen atoms in total. The highest BCUT2D eigenvalue weighted by atomic mass is 35.5. The van der Waals surface area contributed by atoms with E-state index in [4.69, 9.17) is 11.6 Å². The van der Waals surface area contributed by atoms with Crippen LogP contribution in [0.15, 0.2) is 18.2 Å². The van der Waals surface area contributed by atoms with Crippen molar-refractivity contribution < 1.29 is 9.90 Å². The number of benzene rings is 1. The summed E-state index contributed by atoms with van der Waals surface area (Å²) in [5.74, 6) is 0.562. The van der Waals surface area contributed by atoms with E-state index < -0.39 is 0 Å². The van der Waals surface area contributed by atoms with Gasteiger partial charge in [-0.1, -0.05) is 31.5 Å². The standard InChI is InChI=1S/C14H21ClN2O2/c1-10(2)7-16-14(19)9-17(3)8-11-12(15)5-4-6-13(11)18/h4-6,10,18H,7-9H2,1-3H3,(H,16,19). The Morgan fingerprint density at radius 3 is 2.74 bits per heavy atom. The number of nitrogens with one attached hydrogen (secondary N) is 1. The van der Waals surface area contributed by atoms with Crippen molar-refractivity contribution in [2.75, 3.05) is 20.1 Å². The van der Waals surface area contributed by atoms with Crippen molar-refractivity contribution in [3.8, 4) is 5.75 Å². The molecule has 1 aromatic carbocycles. The molecule has 0 aliphatic carbocycles. The molecule has 106 valence electrons. The molecule has 0 heterocycles. The van der Waals surface area contributed by atoms with E-state index >= 15 is 0 Å². The Hall–Kier alpha value is -1.26. The Morgan fingerprint density at radius 2 is 2.16 bits per heavy atom. The lowest BCUT2D eigenvalue weighted by molar-refractivity contribution is -0.122. The largest absolute Gasteiger partial charge is 0.508 e. The molecule has 0 aromatic heterocycles. The Balaban J connectivity index is 2.51. The van der Waals surface area contributed by atoms with Crippen molar-refractivity contribution in [2.45, 2.75) is 20.4 Å². The summed E-state index contributed by atoms with van der Waals surface area (Å²) in [6.45, 7) is 5.47. The zero-order valence-corrected chi connectivity index (χ0v) is 12.4. The molecule has 1 aromatic rings. The van der Waals surface area contributed by atoms with Crippen LogP contribution in [0, 0.1) is 5.92 Å². The van der Waals surface area contributed by atoms with Crippen LogP contribution >= 0.6 is 11.6 Å². The number of carbonyl (C=O) groups is 1. The molecule has 0 aliphatic heterocycles. The maximum atomic E-state index is 11.7. The molecule has 1 rings (SSSR count). The molecular weight excluding hydrogens is 264 g/mol. The normalized spacial score (nSPS) is 11.1. The highest BCUT2D eigenvalue weighted by Crippen LogP contribution is 2.26. The zero-order chi connectivity index (χ0) is 14.4. The van der Waals surface area contributed by atoms with Crippen molar-refractivity contribution in [3.63, 3.8) is 0 Å². The van der Waals surface area contributed by atoms with Gasteiger partial charge in [-0.15, -0.1) is 0 Å². The van der Waals surface area contributed by atoms with Crippen molar-refractivity contribution in [1.29, 1.82) is 0 Å². The molecule has 19 heavy (non-hydrogen) atoms. The molecule has 0 saturated heterocycles. The van der Waals surface area contributed by atoms with Crippen LogP contribution in [0.25, 0.3) is 0 Å². The summed E-state index contributed by atoms with van der Waals surface area (Å²) in [4.78, 5) is 13.5. The van der Waals surface area contributed by atoms with Crippen LogP contribution < -0.4 is 5.32 Å². The Labute approximate surface area is 119 Å². The number of carbonyl (C=O) groups excluding carboxylic acids is 1. The Bertz CT molecular complexity index is 415. The van der Waals surface area contributed by atoms with Gasteiger partial charge in [-0.2, -0.15) is 0 Å². The third-order valence-electron chi connectivity index (χ3n) is 2.64. The van der Waals surface area contributed by atoms with E-state index in [1.807, 2.05) is 25.8 Å². The minimum absolute atomic E-state index is 0.0252. The Kier molecular flexibility index (Phi) is 6.12. The number of hydrogen-bond acceptors (Lipinski definition) is 3. The SMILES string of the molecule is CC(C)CNC(=O)CN(C)Cc1c(O)cccc1Cl. The van der Waals surface area contributed by atoms with E-state index in [0.717, 1.165) is 0 Å². The summed E-state index contributed by atoms with van der Waals surface area (Å²) in [5, 5.41) is 13.1. The van der Waals surface area contributed by atoms with E-state index in [9.17, 15) is 9.90 Å². The van der Waals surface area contributed by atoms with Crippen LogP contribution in [0.5, 0.6) is 5.75 Å². The maximum absolute atomic E-state index is 11.7. The molecular formula is C14H21ClN2O2. The van der Waals surface area contributed by atoms with Gasteiger partial charge >= 0.3 is 0 Å². The molecule has 0 aliphatic rings. The predicted octanol–water partition coefficient (Wildman–Crippen LogP) is 2.25. The number of phenolic OH excluding ortho intramolecular Hbond substituents is 1. The van der Waals surface area contributed by atoms with E-state index in [2.05, 4.69) is 5.32 Å². The van der Waals surface area contributed by atoms with Gasteiger partial charge in [0.25, 0.3) is 0 Å². The van der Waals surface area contributed by atoms with E-state index in [-0.39, 0.29) is 18.2 Å². The topological polar surface area (TPSA) is 52.6 Å². The van der Waals surface area contributed by atoms with Gasteiger partial charge in [-0.25, -0.2) is 0 Å². The van der Waals surface area contributed by atoms with Crippen molar-refractivity contribution >= 4 is 17.5 Å². The summed E-state index contributed by atoms with van der Waals surface area (Å²) in [6.07, 6.45) is 0. The van der Waals surface area contributed by atoms with Crippen LogP contribution in [0.3, 0.4) is 0 Å². The van der Waals surface area contributed by atoms with Gasteiger partial charge in [-0.3, -0.25) is 9.69 Å². The summed E-state index contributed by atoms with van der Waals surface area (Å²) in [7, 11) is 1.82. The maximum Gasteiger partial charge on any atom is 0.234 e. The van der Waals surface area contributed by atoms with E-state index in [1.54, 1.807) is 18.2 Å². The van der Waals surface area contributed by atoms with Gasteiger partial charge in [0.2, 0.25) is 5.91 Å². The second-order valence-electron chi connectivity index (χ2n) is 5.11. The van der Waals surface area contributed by atoms with Gasteiger partial charge in [0, 0.05) is 23.7 Å². The first kappa shape index (κ1) is 15.8. The Morgan fingerprint density at radius 1 is 1.47 bits per heavy atom. The molecule has 0 unspecified atom stereocenters. The molecule has 0 spiro atoms. The lowest BCUT2D eigenvalue weighted by Crippen LogP contribution is -2.36. The number of nitrogens with zero attached hydrogens (tertiary/aromatic N) is 1. The minimum atomic E-state index is -0.0252. The number of likely N-dealkylation sites (N-methyl/N-ethyl adjacent to an activating group) is 1. The summed E-state index contributed by atoms with van der Waals surface area (Å²) in [5.41, 5.74) is 0.642. The number of rotatable bonds is 6. The predicted molar refractivity (Wildman–Crippen MR) is 77.3 cm³/mol. The second kappa shape index (κ2) is 7.36. The highest BCUT2D eigenvalue weighted by molar-refractivity contribution is 6.31. The van der Waals surface area contributed by atoms with Crippen LogP contribution in [0.1, 0.15) is 19.4 Å². The number of hydrogen-bond donors (Lipinski definition) is 2. The fourth-order valence-corrected chi connectivity index (χ4v) is 1.88. The molecule has 0 bridgehead atoms. The number of amides is 1. The third kappa shape index (κ3) is 5.49. The quantitative estimate of drug-likeness (QED) is 0.842. The first-order valence-corrected chi connectivity index (χ1v) is 6.69.